The van der Waals surface area contributed by atoms with Gasteiger partial charge in [-0.15, -0.1) is 0 Å². The van der Waals surface area contributed by atoms with Crippen molar-refractivity contribution in [2.24, 2.45) is 0 Å². The SMILES string of the molecule is CCOC(=O)c1ccn(N)c1. The number of hydrogen-bond donors (Lipinski definition) is 1. The number of nitrogens with zero attached hydrogens (tertiary/aromatic N) is 1. The summed E-state index contributed by atoms with van der Waals surface area (Å²) in [5.41, 5.74) is 0.481. The number of nitrogen functional groups attached to an aromatic ring is 1. The highest BCUT2D eigenvalue weighted by Gasteiger charge is 2.05. The number of hydrogen-bond acceptors (Lipinski definition) is 3. The van der Waals surface area contributed by atoms with Crippen LogP contribution in [-0.4, -0.2) is 17.3 Å². The largest absolute Gasteiger partial charge is 0.462 e. The fourth-order valence-electron chi connectivity index (χ4n) is 0.748. The fraction of sp³-hybridized carbons (Fsp3) is 0.286. The molecule has 0 unspecified atom stereocenters. The van der Waals surface area contributed by atoms with Gasteiger partial charge < -0.3 is 10.6 Å². The third kappa shape index (κ3) is 1.73. The molecule has 0 saturated heterocycles. The van der Waals surface area contributed by atoms with Crippen LogP contribution in [0.1, 0.15) is 17.3 Å². The Balaban J connectivity index is 2.69. The fourth-order valence-corrected chi connectivity index (χ4v) is 0.748. The summed E-state index contributed by atoms with van der Waals surface area (Å²) in [5, 5.41) is 0. The smallest absolute Gasteiger partial charge is 0.339 e. The Morgan fingerprint density at radius 3 is 3.00 bits per heavy atom. The van der Waals surface area contributed by atoms with E-state index in [2.05, 4.69) is 0 Å². The van der Waals surface area contributed by atoms with E-state index in [1.54, 1.807) is 19.2 Å². The van der Waals surface area contributed by atoms with Gasteiger partial charge in [0, 0.05) is 12.4 Å². The molecule has 0 fully saturated rings. The molecule has 0 spiro atoms. The van der Waals surface area contributed by atoms with Crippen LogP contribution < -0.4 is 5.84 Å². The van der Waals surface area contributed by atoms with Crippen molar-refractivity contribution < 1.29 is 9.53 Å². The van der Waals surface area contributed by atoms with Gasteiger partial charge in [-0.1, -0.05) is 0 Å². The monoisotopic (exact) mass is 154 g/mol. The van der Waals surface area contributed by atoms with E-state index in [-0.39, 0.29) is 5.97 Å². The molecule has 0 atom stereocenters. The van der Waals surface area contributed by atoms with E-state index in [9.17, 15) is 4.79 Å². The molecule has 0 bridgehead atoms. The number of aromatic nitrogens is 1. The Kier molecular flexibility index (Phi) is 2.15. The second kappa shape index (κ2) is 3.09. The van der Waals surface area contributed by atoms with Crippen molar-refractivity contribution in [3.05, 3.63) is 24.0 Å². The Labute approximate surface area is 64.5 Å². The molecule has 1 rings (SSSR count). The number of rotatable bonds is 2. The van der Waals surface area contributed by atoms with E-state index in [1.807, 2.05) is 0 Å². The highest BCUT2D eigenvalue weighted by molar-refractivity contribution is 5.89. The van der Waals surface area contributed by atoms with Crippen LogP contribution in [0.4, 0.5) is 0 Å². The lowest BCUT2D eigenvalue weighted by atomic mass is 10.3. The normalized spacial score (nSPS) is 9.55. The van der Waals surface area contributed by atoms with Crippen LogP contribution >= 0.6 is 0 Å². The molecule has 1 aromatic heterocycles. The molecule has 4 nitrogen and oxygen atoms in total. The lowest BCUT2D eigenvalue weighted by Crippen LogP contribution is -2.06. The van der Waals surface area contributed by atoms with Gasteiger partial charge in [-0.25, -0.2) is 4.79 Å². The van der Waals surface area contributed by atoms with Crippen LogP contribution in [0.3, 0.4) is 0 Å². The first-order valence-corrected chi connectivity index (χ1v) is 3.34. The van der Waals surface area contributed by atoms with Gasteiger partial charge in [0.05, 0.1) is 12.2 Å². The van der Waals surface area contributed by atoms with Crippen LogP contribution in [0, 0.1) is 0 Å². The van der Waals surface area contributed by atoms with Gasteiger partial charge in [-0.05, 0) is 13.0 Å². The predicted molar refractivity (Wildman–Crippen MR) is 40.5 cm³/mol. The van der Waals surface area contributed by atoms with Crippen molar-refractivity contribution in [2.75, 3.05) is 12.4 Å². The van der Waals surface area contributed by atoms with E-state index in [4.69, 9.17) is 10.6 Å². The molecule has 1 heterocycles. The molecular formula is C7H10N2O2. The molecule has 4 heteroatoms. The van der Waals surface area contributed by atoms with Crippen LogP contribution in [0.2, 0.25) is 0 Å². The Morgan fingerprint density at radius 2 is 2.55 bits per heavy atom. The lowest BCUT2D eigenvalue weighted by Gasteiger charge is -1.96. The maximum Gasteiger partial charge on any atom is 0.339 e. The molecule has 0 amide bonds. The minimum atomic E-state index is -0.336. The molecule has 0 aliphatic carbocycles. The van der Waals surface area contributed by atoms with Crippen LogP contribution in [0.5, 0.6) is 0 Å². The third-order valence-electron chi connectivity index (χ3n) is 1.23. The topological polar surface area (TPSA) is 57.2 Å². The van der Waals surface area contributed by atoms with Crippen LogP contribution in [0.25, 0.3) is 0 Å². The molecule has 2 N–H and O–H groups in total. The quantitative estimate of drug-likeness (QED) is 0.495. The zero-order valence-electron chi connectivity index (χ0n) is 6.28. The van der Waals surface area contributed by atoms with E-state index in [0.717, 1.165) is 0 Å². The van der Waals surface area contributed by atoms with Crippen molar-refractivity contribution >= 4 is 5.97 Å². The summed E-state index contributed by atoms with van der Waals surface area (Å²) in [6, 6.07) is 1.61. The number of carbonyl (C=O) groups is 1. The maximum absolute atomic E-state index is 11.0. The zero-order chi connectivity index (χ0) is 8.27. The van der Waals surface area contributed by atoms with Crippen molar-refractivity contribution in [3.63, 3.8) is 0 Å². The van der Waals surface area contributed by atoms with Crippen molar-refractivity contribution in [1.29, 1.82) is 0 Å². The van der Waals surface area contributed by atoms with Crippen molar-refractivity contribution in [1.82, 2.24) is 4.68 Å². The van der Waals surface area contributed by atoms with Crippen LogP contribution in [0.15, 0.2) is 18.5 Å². The average molecular weight is 154 g/mol. The zero-order valence-corrected chi connectivity index (χ0v) is 6.28. The number of carbonyl (C=O) groups excluding carboxylic acids is 1. The van der Waals surface area contributed by atoms with Gasteiger partial charge in [-0.3, -0.25) is 4.68 Å². The van der Waals surface area contributed by atoms with Gasteiger partial charge in [0.2, 0.25) is 0 Å². The number of nitrogens with two attached hydrogens (primary N) is 1. The summed E-state index contributed by atoms with van der Waals surface area (Å²) < 4.78 is 6.05. The highest BCUT2D eigenvalue weighted by Crippen LogP contribution is 2.00. The van der Waals surface area contributed by atoms with E-state index >= 15 is 0 Å². The lowest BCUT2D eigenvalue weighted by molar-refractivity contribution is 0.0526. The minimum Gasteiger partial charge on any atom is -0.462 e. The highest BCUT2D eigenvalue weighted by atomic mass is 16.5. The van der Waals surface area contributed by atoms with Gasteiger partial charge >= 0.3 is 5.97 Å². The van der Waals surface area contributed by atoms with Gasteiger partial charge in [0.1, 0.15) is 0 Å². The Hall–Kier alpha value is -1.45. The molecule has 11 heavy (non-hydrogen) atoms. The van der Waals surface area contributed by atoms with Gasteiger partial charge in [0.15, 0.2) is 0 Å². The van der Waals surface area contributed by atoms with E-state index in [0.29, 0.717) is 12.2 Å². The molecule has 60 valence electrons. The first kappa shape index (κ1) is 7.65. The molecular weight excluding hydrogens is 144 g/mol. The maximum atomic E-state index is 11.0. The molecule has 0 saturated carbocycles. The second-order valence-corrected chi connectivity index (χ2v) is 2.07. The molecule has 0 radical (unpaired) electrons. The standard InChI is InChI=1S/C7H10N2O2/c1-2-11-7(10)6-3-4-9(8)5-6/h3-5H,2,8H2,1H3. The first-order chi connectivity index (χ1) is 5.24. The number of esters is 1. The van der Waals surface area contributed by atoms with E-state index < -0.39 is 0 Å². The Morgan fingerprint density at radius 1 is 1.82 bits per heavy atom. The average Bonchev–Trinajstić information content (AvgIpc) is 2.36. The molecule has 0 aliphatic heterocycles. The van der Waals surface area contributed by atoms with Crippen molar-refractivity contribution in [2.45, 2.75) is 6.92 Å². The molecule has 1 aromatic rings. The predicted octanol–water partition coefficient (Wildman–Crippen LogP) is 0.379. The first-order valence-electron chi connectivity index (χ1n) is 3.34. The summed E-state index contributed by atoms with van der Waals surface area (Å²) in [5.74, 6) is 4.99. The molecule has 0 aliphatic rings. The minimum absolute atomic E-state index is 0.336. The number of ether oxygens (including phenoxy) is 1. The van der Waals surface area contributed by atoms with Crippen LogP contribution in [-0.2, 0) is 4.74 Å². The van der Waals surface area contributed by atoms with Gasteiger partial charge in [0.25, 0.3) is 0 Å². The summed E-state index contributed by atoms with van der Waals surface area (Å²) in [6.45, 7) is 2.14. The third-order valence-corrected chi connectivity index (χ3v) is 1.23. The Bertz CT molecular complexity index is 255. The summed E-state index contributed by atoms with van der Waals surface area (Å²) in [6.07, 6.45) is 3.10. The molecule has 0 aromatic carbocycles. The summed E-state index contributed by atoms with van der Waals surface area (Å²) in [4.78, 5) is 11.0. The van der Waals surface area contributed by atoms with E-state index in [1.165, 1.54) is 10.9 Å². The summed E-state index contributed by atoms with van der Waals surface area (Å²) >= 11 is 0. The van der Waals surface area contributed by atoms with Gasteiger partial charge in [-0.2, -0.15) is 0 Å². The summed E-state index contributed by atoms with van der Waals surface area (Å²) in [7, 11) is 0. The second-order valence-electron chi connectivity index (χ2n) is 2.07. The van der Waals surface area contributed by atoms with Crippen molar-refractivity contribution in [3.8, 4) is 0 Å².